The van der Waals surface area contributed by atoms with Crippen LogP contribution >= 0.6 is 0 Å². The van der Waals surface area contributed by atoms with Gasteiger partial charge in [-0.3, -0.25) is 4.79 Å². The van der Waals surface area contributed by atoms with Crippen molar-refractivity contribution in [3.05, 3.63) is 0 Å². The molecule has 4 nitrogen and oxygen atoms in total. The summed E-state index contributed by atoms with van der Waals surface area (Å²) in [5, 5.41) is 2.31. The van der Waals surface area contributed by atoms with Crippen LogP contribution in [0.5, 0.6) is 0 Å². The second-order valence-electron chi connectivity index (χ2n) is 5.90. The van der Waals surface area contributed by atoms with Gasteiger partial charge in [0.15, 0.2) is 0 Å². The zero-order valence-electron chi connectivity index (χ0n) is 11.0. The third-order valence-corrected chi connectivity index (χ3v) is 4.52. The molecule has 1 saturated heterocycles. The normalized spacial score (nSPS) is 36.5. The molecule has 3 N–H and O–H groups in total. The van der Waals surface area contributed by atoms with Gasteiger partial charge in [-0.15, -0.1) is 0 Å². The van der Waals surface area contributed by atoms with E-state index in [4.69, 9.17) is 10.5 Å². The number of halogens is 3. The smallest absolute Gasteiger partial charge is 0.377 e. The van der Waals surface area contributed by atoms with E-state index in [1.807, 2.05) is 13.8 Å². The average Bonchev–Trinajstić information content (AvgIpc) is 2.73. The summed E-state index contributed by atoms with van der Waals surface area (Å²) in [6, 6.07) is 0. The molecule has 0 aromatic rings. The quantitative estimate of drug-likeness (QED) is 0.816. The van der Waals surface area contributed by atoms with Crippen molar-refractivity contribution in [1.82, 2.24) is 5.32 Å². The molecule has 1 saturated carbocycles. The van der Waals surface area contributed by atoms with Crippen molar-refractivity contribution in [3.8, 4) is 0 Å². The Morgan fingerprint density at radius 3 is 2.68 bits per heavy atom. The summed E-state index contributed by atoms with van der Waals surface area (Å²) in [6.07, 6.45) is -4.72. The molecule has 1 aliphatic heterocycles. The van der Waals surface area contributed by atoms with Crippen molar-refractivity contribution >= 4 is 5.91 Å². The lowest BCUT2D eigenvalue weighted by Crippen LogP contribution is -2.80. The molecule has 2 aliphatic rings. The van der Waals surface area contributed by atoms with E-state index < -0.39 is 36.0 Å². The monoisotopic (exact) mass is 280 g/mol. The number of hydrogen-bond acceptors (Lipinski definition) is 3. The lowest BCUT2D eigenvalue weighted by atomic mass is 9.48. The lowest BCUT2D eigenvalue weighted by Gasteiger charge is -2.60. The SMILES string of the molecule is CC1(C)C2OCCC2C1(N)C(=O)NCCC(F)(F)F. The molecular formula is C12H19F3N2O2. The maximum atomic E-state index is 12.1. The zero-order valence-corrected chi connectivity index (χ0v) is 11.0. The predicted molar refractivity (Wildman–Crippen MR) is 62.2 cm³/mol. The van der Waals surface area contributed by atoms with Crippen LogP contribution in [0.3, 0.4) is 0 Å². The highest BCUT2D eigenvalue weighted by Crippen LogP contribution is 2.58. The van der Waals surface area contributed by atoms with Crippen LogP contribution < -0.4 is 11.1 Å². The molecule has 2 fully saturated rings. The maximum Gasteiger partial charge on any atom is 0.390 e. The van der Waals surface area contributed by atoms with Crippen molar-refractivity contribution < 1.29 is 22.7 Å². The minimum atomic E-state index is -4.27. The number of carbonyl (C=O) groups is 1. The molecular weight excluding hydrogens is 261 g/mol. The van der Waals surface area contributed by atoms with Crippen LogP contribution in [0.1, 0.15) is 26.7 Å². The van der Waals surface area contributed by atoms with Gasteiger partial charge in [0.1, 0.15) is 5.54 Å². The first-order valence-electron chi connectivity index (χ1n) is 6.36. The largest absolute Gasteiger partial charge is 0.390 e. The molecule has 3 unspecified atom stereocenters. The van der Waals surface area contributed by atoms with Gasteiger partial charge < -0.3 is 15.8 Å². The van der Waals surface area contributed by atoms with Crippen molar-refractivity contribution in [2.45, 2.75) is 44.5 Å². The third kappa shape index (κ3) is 2.12. The second kappa shape index (κ2) is 4.34. The fourth-order valence-corrected chi connectivity index (χ4v) is 3.31. The van der Waals surface area contributed by atoms with Crippen molar-refractivity contribution in [2.24, 2.45) is 17.1 Å². The van der Waals surface area contributed by atoms with E-state index in [1.165, 1.54) is 0 Å². The molecule has 1 heterocycles. The molecule has 19 heavy (non-hydrogen) atoms. The summed E-state index contributed by atoms with van der Waals surface area (Å²) >= 11 is 0. The summed E-state index contributed by atoms with van der Waals surface area (Å²) in [7, 11) is 0. The van der Waals surface area contributed by atoms with Gasteiger partial charge in [0.2, 0.25) is 5.91 Å². The van der Waals surface area contributed by atoms with E-state index in [2.05, 4.69) is 5.32 Å². The number of hydrogen-bond donors (Lipinski definition) is 2. The fourth-order valence-electron chi connectivity index (χ4n) is 3.31. The predicted octanol–water partition coefficient (Wildman–Crippen LogP) is 1.20. The molecule has 0 bridgehead atoms. The van der Waals surface area contributed by atoms with Gasteiger partial charge in [-0.05, 0) is 6.42 Å². The topological polar surface area (TPSA) is 64.3 Å². The molecule has 1 aliphatic carbocycles. The standard InChI is InChI=1S/C12H19F3N2O2/c1-10(2)8-7(3-6-19-8)12(10,16)9(18)17-5-4-11(13,14)15/h7-8H,3-6,16H2,1-2H3,(H,17,18). The van der Waals surface area contributed by atoms with Crippen LogP contribution in [0.2, 0.25) is 0 Å². The Balaban J connectivity index is 1.98. The number of amides is 1. The van der Waals surface area contributed by atoms with Crippen molar-refractivity contribution in [2.75, 3.05) is 13.2 Å². The number of nitrogens with two attached hydrogens (primary N) is 1. The molecule has 0 radical (unpaired) electrons. The molecule has 0 aromatic heterocycles. The Morgan fingerprint density at radius 1 is 1.47 bits per heavy atom. The second-order valence-corrected chi connectivity index (χ2v) is 5.90. The first-order valence-corrected chi connectivity index (χ1v) is 6.36. The number of fused-ring (bicyclic) bond motifs is 1. The Kier molecular flexibility index (Phi) is 3.33. The van der Waals surface area contributed by atoms with Crippen LogP contribution in [0.15, 0.2) is 0 Å². The highest BCUT2D eigenvalue weighted by Gasteiger charge is 2.71. The van der Waals surface area contributed by atoms with Gasteiger partial charge in [-0.25, -0.2) is 0 Å². The van der Waals surface area contributed by atoms with Gasteiger partial charge in [0.25, 0.3) is 0 Å². The van der Waals surface area contributed by atoms with Gasteiger partial charge in [0.05, 0.1) is 12.5 Å². The summed E-state index contributed by atoms with van der Waals surface area (Å²) in [5.41, 5.74) is 4.49. The number of rotatable bonds is 3. The van der Waals surface area contributed by atoms with Gasteiger partial charge in [-0.1, -0.05) is 13.8 Å². The van der Waals surface area contributed by atoms with Crippen molar-refractivity contribution in [1.29, 1.82) is 0 Å². The molecule has 2 rings (SSSR count). The van der Waals surface area contributed by atoms with Crippen LogP contribution in [-0.4, -0.2) is 36.9 Å². The van der Waals surface area contributed by atoms with Crippen LogP contribution in [0.4, 0.5) is 13.2 Å². The number of ether oxygens (including phenoxy) is 1. The maximum absolute atomic E-state index is 12.1. The summed E-state index contributed by atoms with van der Waals surface area (Å²) in [6.45, 7) is 3.76. The lowest BCUT2D eigenvalue weighted by molar-refractivity contribution is -0.176. The Labute approximate surface area is 109 Å². The zero-order chi connectivity index (χ0) is 14.5. The van der Waals surface area contributed by atoms with E-state index in [-0.39, 0.29) is 12.0 Å². The number of nitrogens with one attached hydrogen (secondary N) is 1. The molecule has 7 heteroatoms. The van der Waals surface area contributed by atoms with E-state index >= 15 is 0 Å². The van der Waals surface area contributed by atoms with E-state index in [1.54, 1.807) is 0 Å². The number of carbonyl (C=O) groups excluding carboxylic acids is 1. The third-order valence-electron chi connectivity index (χ3n) is 4.52. The minimum Gasteiger partial charge on any atom is -0.377 e. The molecule has 110 valence electrons. The number of alkyl halides is 3. The van der Waals surface area contributed by atoms with Gasteiger partial charge >= 0.3 is 6.18 Å². The first-order chi connectivity index (χ1) is 8.61. The Hall–Kier alpha value is -0.820. The van der Waals surface area contributed by atoms with Gasteiger partial charge in [-0.2, -0.15) is 13.2 Å². The molecule has 0 aromatic carbocycles. The first kappa shape index (κ1) is 14.6. The van der Waals surface area contributed by atoms with E-state index in [0.717, 1.165) is 0 Å². The Morgan fingerprint density at radius 2 is 2.11 bits per heavy atom. The average molecular weight is 280 g/mol. The molecule has 3 atom stereocenters. The summed E-state index contributed by atoms with van der Waals surface area (Å²) < 4.78 is 41.7. The Bertz CT molecular complexity index is 384. The summed E-state index contributed by atoms with van der Waals surface area (Å²) in [5.74, 6) is -0.609. The van der Waals surface area contributed by atoms with Crippen LogP contribution in [0, 0.1) is 11.3 Å². The fraction of sp³-hybridized carbons (Fsp3) is 0.917. The van der Waals surface area contributed by atoms with E-state index in [0.29, 0.717) is 13.0 Å². The molecule has 0 spiro atoms. The van der Waals surface area contributed by atoms with Gasteiger partial charge in [0, 0.05) is 24.5 Å². The summed E-state index contributed by atoms with van der Waals surface area (Å²) in [4.78, 5) is 12.1. The highest BCUT2D eigenvalue weighted by atomic mass is 19.4. The minimum absolute atomic E-state index is 0.0779. The van der Waals surface area contributed by atoms with Crippen LogP contribution in [0.25, 0.3) is 0 Å². The van der Waals surface area contributed by atoms with Crippen LogP contribution in [-0.2, 0) is 9.53 Å². The van der Waals surface area contributed by atoms with Crippen molar-refractivity contribution in [3.63, 3.8) is 0 Å². The van der Waals surface area contributed by atoms with E-state index in [9.17, 15) is 18.0 Å². The molecule has 1 amide bonds. The highest BCUT2D eigenvalue weighted by molar-refractivity contribution is 5.89.